The van der Waals surface area contributed by atoms with Crippen LogP contribution in [-0.4, -0.2) is 27.5 Å². The van der Waals surface area contributed by atoms with Crippen LogP contribution >= 0.6 is 11.6 Å². The average molecular weight is 334 g/mol. The Kier molecular flexibility index (Phi) is 6.19. The van der Waals surface area contributed by atoms with Crippen molar-refractivity contribution >= 4 is 27.6 Å². The number of halogens is 1. The van der Waals surface area contributed by atoms with Gasteiger partial charge in [0, 0.05) is 0 Å². The van der Waals surface area contributed by atoms with Crippen molar-refractivity contribution in [3.05, 3.63) is 28.8 Å². The van der Waals surface area contributed by atoms with E-state index in [9.17, 15) is 13.2 Å². The first-order valence-electron chi connectivity index (χ1n) is 6.53. The molecular weight excluding hydrogens is 314 g/mol. The number of aryl methyl sites for hydroxylation is 1. The molecule has 0 aliphatic carbocycles. The number of esters is 1. The van der Waals surface area contributed by atoms with Gasteiger partial charge in [-0.1, -0.05) is 31.5 Å². The number of methoxy groups -OCH3 is 1. The van der Waals surface area contributed by atoms with Crippen LogP contribution in [0, 0.1) is 12.8 Å². The predicted octanol–water partition coefficient (Wildman–Crippen LogP) is 2.51. The van der Waals surface area contributed by atoms with Crippen molar-refractivity contribution < 1.29 is 17.9 Å². The Balaban J connectivity index is 3.08. The molecule has 1 rings (SSSR count). The highest BCUT2D eigenvalue weighted by atomic mass is 35.5. The molecule has 1 N–H and O–H groups in total. The van der Waals surface area contributed by atoms with Gasteiger partial charge in [0.1, 0.15) is 10.9 Å². The van der Waals surface area contributed by atoms with Crippen molar-refractivity contribution in [3.63, 3.8) is 0 Å². The van der Waals surface area contributed by atoms with Gasteiger partial charge in [-0.05, 0) is 37.0 Å². The van der Waals surface area contributed by atoms with E-state index in [1.807, 2.05) is 20.8 Å². The summed E-state index contributed by atoms with van der Waals surface area (Å²) in [7, 11) is -2.67. The minimum Gasteiger partial charge on any atom is -0.468 e. The lowest BCUT2D eigenvalue weighted by molar-refractivity contribution is -0.143. The van der Waals surface area contributed by atoms with Gasteiger partial charge in [0.05, 0.1) is 12.1 Å². The number of ether oxygens (including phenoxy) is 1. The van der Waals surface area contributed by atoms with Gasteiger partial charge in [-0.15, -0.1) is 0 Å². The van der Waals surface area contributed by atoms with Gasteiger partial charge in [0.25, 0.3) is 0 Å². The molecule has 0 saturated carbocycles. The van der Waals surface area contributed by atoms with Crippen molar-refractivity contribution in [2.45, 2.75) is 38.1 Å². The SMILES string of the molecule is COC(=O)C(CC(C)C)NS(=O)(=O)c1ccc(C)cc1Cl. The fourth-order valence-electron chi connectivity index (χ4n) is 1.88. The number of benzene rings is 1. The zero-order valence-electron chi connectivity index (χ0n) is 12.5. The lowest BCUT2D eigenvalue weighted by Gasteiger charge is -2.18. The summed E-state index contributed by atoms with van der Waals surface area (Å²) < 4.78 is 31.8. The molecule has 1 aromatic carbocycles. The van der Waals surface area contributed by atoms with Crippen molar-refractivity contribution in [2.24, 2.45) is 5.92 Å². The normalized spacial score (nSPS) is 13.2. The first-order chi connectivity index (χ1) is 9.67. The molecule has 0 heterocycles. The van der Waals surface area contributed by atoms with Gasteiger partial charge in [0.2, 0.25) is 10.0 Å². The topological polar surface area (TPSA) is 72.5 Å². The third-order valence-corrected chi connectivity index (χ3v) is 4.82. The summed E-state index contributed by atoms with van der Waals surface area (Å²) in [5.74, 6) is -0.485. The van der Waals surface area contributed by atoms with E-state index < -0.39 is 22.0 Å². The summed E-state index contributed by atoms with van der Waals surface area (Å²) in [6.45, 7) is 5.60. The summed E-state index contributed by atoms with van der Waals surface area (Å²) in [6, 6.07) is 3.70. The average Bonchev–Trinajstić information content (AvgIpc) is 2.35. The van der Waals surface area contributed by atoms with Crippen molar-refractivity contribution in [3.8, 4) is 0 Å². The third kappa shape index (κ3) is 4.98. The second kappa shape index (κ2) is 7.24. The summed E-state index contributed by atoms with van der Waals surface area (Å²) in [4.78, 5) is 11.7. The van der Waals surface area contributed by atoms with Crippen LogP contribution in [0.4, 0.5) is 0 Å². The van der Waals surface area contributed by atoms with Gasteiger partial charge < -0.3 is 4.74 Å². The largest absolute Gasteiger partial charge is 0.468 e. The quantitative estimate of drug-likeness (QED) is 0.812. The van der Waals surface area contributed by atoms with Crippen molar-refractivity contribution in [2.75, 3.05) is 7.11 Å². The second-order valence-electron chi connectivity index (χ2n) is 5.26. The van der Waals surface area contributed by atoms with Crippen molar-refractivity contribution in [1.82, 2.24) is 4.72 Å². The Labute approximate surface area is 130 Å². The van der Waals surface area contributed by atoms with Crippen molar-refractivity contribution in [1.29, 1.82) is 0 Å². The van der Waals surface area contributed by atoms with Crippen LogP contribution in [-0.2, 0) is 19.6 Å². The van der Waals surface area contributed by atoms with Crippen LogP contribution in [0.3, 0.4) is 0 Å². The van der Waals surface area contributed by atoms with Crippen LogP contribution in [0.5, 0.6) is 0 Å². The molecule has 0 saturated heterocycles. The maximum absolute atomic E-state index is 12.4. The number of hydrogen-bond acceptors (Lipinski definition) is 4. The fourth-order valence-corrected chi connectivity index (χ4v) is 3.68. The highest BCUT2D eigenvalue weighted by Crippen LogP contribution is 2.23. The summed E-state index contributed by atoms with van der Waals surface area (Å²) in [6.07, 6.45) is 0.343. The molecule has 0 spiro atoms. The molecule has 0 amide bonds. The van der Waals surface area contributed by atoms with E-state index in [0.29, 0.717) is 6.42 Å². The van der Waals surface area contributed by atoms with E-state index >= 15 is 0 Å². The highest BCUT2D eigenvalue weighted by Gasteiger charge is 2.28. The molecule has 21 heavy (non-hydrogen) atoms. The fraction of sp³-hybridized carbons (Fsp3) is 0.500. The summed E-state index contributed by atoms with van der Waals surface area (Å²) in [5, 5.41) is 0.121. The number of carbonyl (C=O) groups excluding carboxylic acids is 1. The molecule has 1 aromatic rings. The van der Waals surface area contributed by atoms with E-state index in [1.165, 1.54) is 13.2 Å². The molecule has 7 heteroatoms. The van der Waals surface area contributed by atoms with Gasteiger partial charge in [-0.3, -0.25) is 4.79 Å². The van der Waals surface area contributed by atoms with E-state index in [2.05, 4.69) is 9.46 Å². The standard InChI is InChI=1S/C14H20ClNO4S/c1-9(2)7-12(14(17)20-4)16-21(18,19)13-6-5-10(3)8-11(13)15/h5-6,8-9,12,16H,7H2,1-4H3. The molecule has 1 atom stereocenters. The highest BCUT2D eigenvalue weighted by molar-refractivity contribution is 7.89. The minimum absolute atomic E-state index is 0.0487. The van der Waals surface area contributed by atoms with Crippen LogP contribution in [0.25, 0.3) is 0 Å². The maximum Gasteiger partial charge on any atom is 0.323 e. The number of sulfonamides is 1. The molecule has 0 aliphatic heterocycles. The molecule has 5 nitrogen and oxygen atoms in total. The smallest absolute Gasteiger partial charge is 0.323 e. The first-order valence-corrected chi connectivity index (χ1v) is 8.39. The molecule has 118 valence electrons. The van der Waals surface area contributed by atoms with Crippen LogP contribution in [0.15, 0.2) is 23.1 Å². The molecule has 0 aliphatic rings. The number of carbonyl (C=O) groups is 1. The van der Waals surface area contributed by atoms with Gasteiger partial charge in [0.15, 0.2) is 0 Å². The molecule has 0 bridgehead atoms. The van der Waals surface area contributed by atoms with Crippen LogP contribution in [0.2, 0.25) is 5.02 Å². The third-order valence-electron chi connectivity index (χ3n) is 2.87. The molecule has 0 radical (unpaired) electrons. The number of rotatable bonds is 6. The zero-order chi connectivity index (χ0) is 16.2. The maximum atomic E-state index is 12.4. The Hall–Kier alpha value is -1.11. The van der Waals surface area contributed by atoms with Gasteiger partial charge in [-0.2, -0.15) is 4.72 Å². The monoisotopic (exact) mass is 333 g/mol. The Morgan fingerprint density at radius 1 is 1.38 bits per heavy atom. The molecule has 0 aromatic heterocycles. The molecule has 0 fully saturated rings. The summed E-state index contributed by atoms with van der Waals surface area (Å²) >= 11 is 5.98. The number of nitrogens with one attached hydrogen (secondary N) is 1. The number of hydrogen-bond donors (Lipinski definition) is 1. The van der Waals surface area contributed by atoms with Gasteiger partial charge in [-0.25, -0.2) is 8.42 Å². The Bertz CT molecular complexity index is 613. The summed E-state index contributed by atoms with van der Waals surface area (Å²) in [5.41, 5.74) is 0.852. The zero-order valence-corrected chi connectivity index (χ0v) is 14.1. The second-order valence-corrected chi connectivity index (χ2v) is 7.35. The molecule has 1 unspecified atom stereocenters. The Morgan fingerprint density at radius 3 is 2.48 bits per heavy atom. The van der Waals surface area contributed by atoms with E-state index in [1.54, 1.807) is 12.1 Å². The lowest BCUT2D eigenvalue weighted by Crippen LogP contribution is -2.42. The van der Waals surface area contributed by atoms with E-state index in [4.69, 9.17) is 11.6 Å². The lowest BCUT2D eigenvalue weighted by atomic mass is 10.1. The van der Waals surface area contributed by atoms with E-state index in [-0.39, 0.29) is 15.8 Å². The van der Waals surface area contributed by atoms with Crippen LogP contribution in [0.1, 0.15) is 25.8 Å². The molecular formula is C14H20ClNO4S. The first kappa shape index (κ1) is 17.9. The van der Waals surface area contributed by atoms with E-state index in [0.717, 1.165) is 5.56 Å². The Morgan fingerprint density at radius 2 is 2.00 bits per heavy atom. The minimum atomic E-state index is -3.89. The van der Waals surface area contributed by atoms with Crippen LogP contribution < -0.4 is 4.72 Å². The van der Waals surface area contributed by atoms with Gasteiger partial charge >= 0.3 is 5.97 Å². The predicted molar refractivity (Wildman–Crippen MR) is 81.8 cm³/mol.